The lowest BCUT2D eigenvalue weighted by molar-refractivity contribution is -0.147. The van der Waals surface area contributed by atoms with Crippen LogP contribution in [0.15, 0.2) is 12.7 Å². The Morgan fingerprint density at radius 2 is 2.06 bits per heavy atom. The lowest BCUT2D eigenvalue weighted by Gasteiger charge is -2.23. The molecule has 16 heavy (non-hydrogen) atoms. The Balaban J connectivity index is 3.89. The van der Waals surface area contributed by atoms with Gasteiger partial charge in [-0.3, -0.25) is 4.79 Å². The largest absolute Gasteiger partial charge is 0.481 e. The van der Waals surface area contributed by atoms with Crippen molar-refractivity contribution in [3.05, 3.63) is 12.7 Å². The van der Waals surface area contributed by atoms with E-state index in [0.717, 1.165) is 13.0 Å². The van der Waals surface area contributed by atoms with E-state index in [2.05, 4.69) is 25.7 Å². The van der Waals surface area contributed by atoms with Gasteiger partial charge >= 0.3 is 5.97 Å². The van der Waals surface area contributed by atoms with E-state index >= 15 is 0 Å². The van der Waals surface area contributed by atoms with Crippen LogP contribution in [0, 0.1) is 11.3 Å². The number of hydrogen-bond acceptors (Lipinski definition) is 2. The summed E-state index contributed by atoms with van der Waals surface area (Å²) < 4.78 is 0. The molecule has 0 aromatic rings. The van der Waals surface area contributed by atoms with Crippen molar-refractivity contribution >= 4 is 5.97 Å². The van der Waals surface area contributed by atoms with Crippen LogP contribution in [-0.2, 0) is 4.79 Å². The molecule has 2 unspecified atom stereocenters. The summed E-state index contributed by atoms with van der Waals surface area (Å²) in [5.41, 5.74) is -0.644. The van der Waals surface area contributed by atoms with Crippen LogP contribution in [0.3, 0.4) is 0 Å². The second-order valence-corrected chi connectivity index (χ2v) is 5.18. The van der Waals surface area contributed by atoms with Crippen molar-refractivity contribution in [2.45, 2.75) is 46.6 Å². The Morgan fingerprint density at radius 1 is 1.50 bits per heavy atom. The van der Waals surface area contributed by atoms with Crippen molar-refractivity contribution in [1.82, 2.24) is 5.32 Å². The number of allylic oxidation sites excluding steroid dienone is 1. The summed E-state index contributed by atoms with van der Waals surface area (Å²) in [4.78, 5) is 10.9. The first kappa shape index (κ1) is 15.2. The summed E-state index contributed by atoms with van der Waals surface area (Å²) in [6, 6.07) is 0.391. The predicted molar refractivity (Wildman–Crippen MR) is 67.5 cm³/mol. The highest BCUT2D eigenvalue weighted by Crippen LogP contribution is 2.19. The molecule has 0 radical (unpaired) electrons. The van der Waals surface area contributed by atoms with Crippen molar-refractivity contribution in [3.8, 4) is 0 Å². The van der Waals surface area contributed by atoms with Gasteiger partial charge in [0.2, 0.25) is 0 Å². The molecule has 94 valence electrons. The summed E-state index contributed by atoms with van der Waals surface area (Å²) in [7, 11) is 0. The standard InChI is InChI=1S/C13H25NO2/c1-6-7-10(2)11(3)14-9-8-13(4,5)12(15)16/h6,10-11,14H,1,7-9H2,2-5H3,(H,15,16). The normalized spacial score (nSPS) is 15.5. The molecule has 0 spiro atoms. The molecule has 0 rings (SSSR count). The molecule has 3 nitrogen and oxygen atoms in total. The third kappa shape index (κ3) is 5.31. The zero-order valence-corrected chi connectivity index (χ0v) is 10.9. The molecule has 0 aliphatic rings. The molecule has 0 aromatic carbocycles. The van der Waals surface area contributed by atoms with Crippen LogP contribution in [0.2, 0.25) is 0 Å². The molecule has 0 fully saturated rings. The zero-order valence-electron chi connectivity index (χ0n) is 10.9. The minimum atomic E-state index is -0.735. The van der Waals surface area contributed by atoms with Crippen LogP contribution in [0.5, 0.6) is 0 Å². The van der Waals surface area contributed by atoms with Crippen LogP contribution >= 0.6 is 0 Å². The summed E-state index contributed by atoms with van der Waals surface area (Å²) >= 11 is 0. The third-order valence-corrected chi connectivity index (χ3v) is 3.19. The summed E-state index contributed by atoms with van der Waals surface area (Å²) in [5, 5.41) is 12.3. The Bertz CT molecular complexity index is 236. The van der Waals surface area contributed by atoms with Crippen molar-refractivity contribution in [2.24, 2.45) is 11.3 Å². The van der Waals surface area contributed by atoms with E-state index in [4.69, 9.17) is 5.11 Å². The average Bonchev–Trinajstić information content (AvgIpc) is 2.17. The van der Waals surface area contributed by atoms with Crippen LogP contribution < -0.4 is 5.32 Å². The zero-order chi connectivity index (χ0) is 12.8. The van der Waals surface area contributed by atoms with Crippen LogP contribution in [0.1, 0.15) is 40.5 Å². The molecule has 0 saturated heterocycles. The number of carbonyl (C=O) groups is 1. The summed E-state index contributed by atoms with van der Waals surface area (Å²) in [6.45, 7) is 12.3. The maximum Gasteiger partial charge on any atom is 0.309 e. The van der Waals surface area contributed by atoms with Crippen molar-refractivity contribution in [1.29, 1.82) is 0 Å². The van der Waals surface area contributed by atoms with Gasteiger partial charge in [0.1, 0.15) is 0 Å². The number of rotatable bonds is 8. The van der Waals surface area contributed by atoms with Crippen molar-refractivity contribution < 1.29 is 9.90 Å². The van der Waals surface area contributed by atoms with Gasteiger partial charge in [-0.15, -0.1) is 6.58 Å². The minimum Gasteiger partial charge on any atom is -0.481 e. The number of nitrogens with one attached hydrogen (secondary N) is 1. The second-order valence-electron chi connectivity index (χ2n) is 5.18. The fourth-order valence-electron chi connectivity index (χ4n) is 1.39. The molecule has 0 amide bonds. The topological polar surface area (TPSA) is 49.3 Å². The van der Waals surface area contributed by atoms with Crippen LogP contribution in [0.4, 0.5) is 0 Å². The Labute approximate surface area is 98.9 Å². The lowest BCUT2D eigenvalue weighted by Crippen LogP contribution is -2.36. The average molecular weight is 227 g/mol. The number of carboxylic acids is 1. The van der Waals surface area contributed by atoms with E-state index in [1.807, 2.05) is 6.08 Å². The van der Waals surface area contributed by atoms with Gasteiger partial charge in [-0.25, -0.2) is 0 Å². The second kappa shape index (κ2) is 6.69. The molecule has 0 bridgehead atoms. The molecule has 2 atom stereocenters. The lowest BCUT2D eigenvalue weighted by atomic mass is 9.89. The molecular weight excluding hydrogens is 202 g/mol. The Hall–Kier alpha value is -0.830. The predicted octanol–water partition coefficient (Wildman–Crippen LogP) is 2.68. The SMILES string of the molecule is C=CCC(C)C(C)NCCC(C)(C)C(=O)O. The van der Waals surface area contributed by atoms with Gasteiger partial charge in [0.05, 0.1) is 5.41 Å². The van der Waals surface area contributed by atoms with E-state index < -0.39 is 11.4 Å². The fraction of sp³-hybridized carbons (Fsp3) is 0.769. The maximum atomic E-state index is 10.9. The highest BCUT2D eigenvalue weighted by Gasteiger charge is 2.26. The summed E-state index contributed by atoms with van der Waals surface area (Å²) in [6.07, 6.45) is 3.55. The Kier molecular flexibility index (Phi) is 6.34. The highest BCUT2D eigenvalue weighted by molar-refractivity contribution is 5.73. The smallest absolute Gasteiger partial charge is 0.309 e. The molecule has 3 heteroatoms. The first-order chi connectivity index (χ1) is 7.31. The van der Waals surface area contributed by atoms with Crippen LogP contribution in [-0.4, -0.2) is 23.7 Å². The van der Waals surface area contributed by atoms with E-state index in [9.17, 15) is 4.79 Å². The van der Waals surface area contributed by atoms with Gasteiger partial charge in [0, 0.05) is 6.04 Å². The van der Waals surface area contributed by atoms with Gasteiger partial charge in [-0.05, 0) is 46.1 Å². The molecule has 0 aromatic heterocycles. The van der Waals surface area contributed by atoms with E-state index in [-0.39, 0.29) is 0 Å². The number of aliphatic carboxylic acids is 1. The van der Waals surface area contributed by atoms with E-state index in [1.165, 1.54) is 0 Å². The van der Waals surface area contributed by atoms with Gasteiger partial charge < -0.3 is 10.4 Å². The van der Waals surface area contributed by atoms with Gasteiger partial charge in [-0.1, -0.05) is 13.0 Å². The van der Waals surface area contributed by atoms with Crippen LogP contribution in [0.25, 0.3) is 0 Å². The molecule has 0 aliphatic heterocycles. The third-order valence-electron chi connectivity index (χ3n) is 3.19. The first-order valence-corrected chi connectivity index (χ1v) is 5.89. The Morgan fingerprint density at radius 3 is 2.50 bits per heavy atom. The van der Waals surface area contributed by atoms with E-state index in [0.29, 0.717) is 18.4 Å². The van der Waals surface area contributed by atoms with Gasteiger partial charge in [0.25, 0.3) is 0 Å². The first-order valence-electron chi connectivity index (χ1n) is 5.89. The molecule has 0 aliphatic carbocycles. The monoisotopic (exact) mass is 227 g/mol. The number of carboxylic acid groups (broad SMARTS) is 1. The molecular formula is C13H25NO2. The maximum absolute atomic E-state index is 10.9. The quantitative estimate of drug-likeness (QED) is 0.627. The minimum absolute atomic E-state index is 0.391. The van der Waals surface area contributed by atoms with E-state index in [1.54, 1.807) is 13.8 Å². The van der Waals surface area contributed by atoms with Crippen molar-refractivity contribution in [2.75, 3.05) is 6.54 Å². The highest BCUT2D eigenvalue weighted by atomic mass is 16.4. The van der Waals surface area contributed by atoms with Gasteiger partial charge in [-0.2, -0.15) is 0 Å². The number of hydrogen-bond donors (Lipinski definition) is 2. The molecule has 2 N–H and O–H groups in total. The van der Waals surface area contributed by atoms with Crippen molar-refractivity contribution in [3.63, 3.8) is 0 Å². The fourth-order valence-corrected chi connectivity index (χ4v) is 1.39. The summed E-state index contributed by atoms with van der Waals surface area (Å²) in [5.74, 6) is -0.202. The van der Waals surface area contributed by atoms with Gasteiger partial charge in [0.15, 0.2) is 0 Å². The molecule has 0 saturated carbocycles. The molecule has 0 heterocycles.